The van der Waals surface area contributed by atoms with Gasteiger partial charge in [0.15, 0.2) is 0 Å². The van der Waals surface area contributed by atoms with Gasteiger partial charge in [0, 0.05) is 22.2 Å². The molecule has 0 aliphatic rings. The van der Waals surface area contributed by atoms with Gasteiger partial charge < -0.3 is 5.32 Å². The second kappa shape index (κ2) is 11.3. The van der Waals surface area contributed by atoms with Gasteiger partial charge in [-0.3, -0.25) is 9.59 Å². The van der Waals surface area contributed by atoms with Gasteiger partial charge in [-0.1, -0.05) is 54.1 Å². The van der Waals surface area contributed by atoms with Crippen LogP contribution in [0.4, 0.5) is 10.1 Å². The highest BCUT2D eigenvalue weighted by Crippen LogP contribution is 2.28. The van der Waals surface area contributed by atoms with E-state index in [1.807, 2.05) is 44.2 Å². The second-order valence-electron chi connectivity index (χ2n) is 9.57. The Kier molecular flexibility index (Phi) is 7.46. The monoisotopic (exact) mass is 530 g/mol. The molecule has 0 radical (unpaired) electrons. The molecule has 0 atom stereocenters. The van der Waals surface area contributed by atoms with Crippen molar-refractivity contribution in [2.45, 2.75) is 20.8 Å². The standard InChI is InChI=1S/C33H27FN4O2/c1-20-11-12-21(2)28(17-20)31-19-29(27-9-4-5-10-30(27)36-31)33(40)38-37-22(3)23-13-15-26(16-14-23)35-32(39)24-7-6-8-25(34)18-24/h4-19H,1-3H3,(H,35,39)(H,38,40). The summed E-state index contributed by atoms with van der Waals surface area (Å²) < 4.78 is 13.4. The van der Waals surface area contributed by atoms with Crippen LogP contribution in [0.2, 0.25) is 0 Å². The van der Waals surface area contributed by atoms with Crippen LogP contribution in [0.3, 0.4) is 0 Å². The molecule has 0 spiro atoms. The molecule has 0 saturated heterocycles. The van der Waals surface area contributed by atoms with Crippen molar-refractivity contribution in [2.24, 2.45) is 5.10 Å². The minimum absolute atomic E-state index is 0.230. The molecule has 0 unspecified atom stereocenters. The summed E-state index contributed by atoms with van der Waals surface area (Å²) in [6, 6.07) is 28.0. The lowest BCUT2D eigenvalue weighted by Gasteiger charge is -2.12. The molecule has 1 heterocycles. The first-order chi connectivity index (χ1) is 19.3. The maximum Gasteiger partial charge on any atom is 0.272 e. The van der Waals surface area contributed by atoms with Gasteiger partial charge in [-0.15, -0.1) is 0 Å². The zero-order chi connectivity index (χ0) is 28.2. The maximum absolute atomic E-state index is 13.4. The molecule has 198 valence electrons. The topological polar surface area (TPSA) is 83.4 Å². The number of aromatic nitrogens is 1. The third-order valence-corrected chi connectivity index (χ3v) is 6.60. The van der Waals surface area contributed by atoms with Crippen LogP contribution in [0.1, 0.15) is 44.3 Å². The van der Waals surface area contributed by atoms with E-state index in [-0.39, 0.29) is 11.5 Å². The van der Waals surface area contributed by atoms with Crippen LogP contribution < -0.4 is 10.7 Å². The number of fused-ring (bicyclic) bond motifs is 1. The summed E-state index contributed by atoms with van der Waals surface area (Å²) in [6.07, 6.45) is 0. The highest BCUT2D eigenvalue weighted by Gasteiger charge is 2.15. The number of rotatable bonds is 6. The van der Waals surface area contributed by atoms with Gasteiger partial charge in [-0.05, 0) is 80.4 Å². The highest BCUT2D eigenvalue weighted by molar-refractivity contribution is 6.08. The minimum Gasteiger partial charge on any atom is -0.322 e. The Morgan fingerprint density at radius 2 is 1.57 bits per heavy atom. The molecule has 4 aromatic carbocycles. The fourth-order valence-electron chi connectivity index (χ4n) is 4.40. The van der Waals surface area contributed by atoms with Crippen LogP contribution in [0.15, 0.2) is 102 Å². The smallest absolute Gasteiger partial charge is 0.272 e. The lowest BCUT2D eigenvalue weighted by Crippen LogP contribution is -2.20. The second-order valence-corrected chi connectivity index (χ2v) is 9.57. The molecule has 0 saturated carbocycles. The van der Waals surface area contributed by atoms with E-state index in [2.05, 4.69) is 28.0 Å². The first-order valence-corrected chi connectivity index (χ1v) is 12.8. The summed E-state index contributed by atoms with van der Waals surface area (Å²) in [4.78, 5) is 30.6. The van der Waals surface area contributed by atoms with Crippen molar-refractivity contribution in [3.63, 3.8) is 0 Å². The van der Waals surface area contributed by atoms with Crippen molar-refractivity contribution in [3.8, 4) is 11.3 Å². The zero-order valence-corrected chi connectivity index (χ0v) is 22.3. The quantitative estimate of drug-likeness (QED) is 0.182. The van der Waals surface area contributed by atoms with Gasteiger partial charge >= 0.3 is 0 Å². The van der Waals surface area contributed by atoms with E-state index in [1.165, 1.54) is 18.2 Å². The van der Waals surface area contributed by atoms with E-state index in [0.29, 0.717) is 17.0 Å². The SMILES string of the molecule is CC(=NNC(=O)c1cc(-c2cc(C)ccc2C)nc2ccccc12)c1ccc(NC(=O)c2cccc(F)c2)cc1. The number of halogens is 1. The molecule has 0 bridgehead atoms. The van der Waals surface area contributed by atoms with Gasteiger partial charge in [0.25, 0.3) is 11.8 Å². The van der Waals surface area contributed by atoms with Crippen LogP contribution in [0.25, 0.3) is 22.2 Å². The van der Waals surface area contributed by atoms with Crippen molar-refractivity contribution >= 4 is 34.1 Å². The molecular formula is C33H27FN4O2. The first kappa shape index (κ1) is 26.4. The average Bonchev–Trinajstić information content (AvgIpc) is 2.96. The number of pyridine rings is 1. The van der Waals surface area contributed by atoms with E-state index in [1.54, 1.807) is 43.3 Å². The number of hydrogen-bond acceptors (Lipinski definition) is 4. The first-order valence-electron chi connectivity index (χ1n) is 12.8. The molecule has 7 heteroatoms. The molecule has 5 rings (SSSR count). The number of carbonyl (C=O) groups is 2. The lowest BCUT2D eigenvalue weighted by atomic mass is 9.99. The van der Waals surface area contributed by atoms with Crippen molar-refractivity contribution in [2.75, 3.05) is 5.32 Å². The van der Waals surface area contributed by atoms with Crippen LogP contribution in [0, 0.1) is 19.7 Å². The summed E-state index contributed by atoms with van der Waals surface area (Å²) >= 11 is 0. The molecule has 5 aromatic rings. The summed E-state index contributed by atoms with van der Waals surface area (Å²) in [7, 11) is 0. The Hall–Kier alpha value is -5.17. The van der Waals surface area contributed by atoms with Crippen molar-refractivity contribution < 1.29 is 14.0 Å². The van der Waals surface area contributed by atoms with E-state index < -0.39 is 11.7 Å². The summed E-state index contributed by atoms with van der Waals surface area (Å²) in [5.41, 5.74) is 9.91. The fourth-order valence-corrected chi connectivity index (χ4v) is 4.40. The lowest BCUT2D eigenvalue weighted by molar-refractivity contribution is 0.0955. The number of carbonyl (C=O) groups excluding carboxylic acids is 2. The molecule has 0 fully saturated rings. The van der Waals surface area contributed by atoms with Crippen molar-refractivity contribution in [1.82, 2.24) is 10.4 Å². The molecule has 40 heavy (non-hydrogen) atoms. The van der Waals surface area contributed by atoms with Crippen LogP contribution in [-0.2, 0) is 0 Å². The number of nitrogens with one attached hydrogen (secondary N) is 2. The summed E-state index contributed by atoms with van der Waals surface area (Å²) in [5.74, 6) is -1.23. The average molecular weight is 531 g/mol. The van der Waals surface area contributed by atoms with E-state index in [4.69, 9.17) is 4.98 Å². The Labute approximate surface area is 231 Å². The predicted molar refractivity (Wildman–Crippen MR) is 157 cm³/mol. The number of anilines is 1. The molecule has 2 amide bonds. The summed E-state index contributed by atoms with van der Waals surface area (Å²) in [6.45, 7) is 5.84. The number of para-hydroxylation sites is 1. The third-order valence-electron chi connectivity index (χ3n) is 6.60. The van der Waals surface area contributed by atoms with Gasteiger partial charge in [0.05, 0.1) is 22.5 Å². The molecule has 0 aliphatic heterocycles. The number of benzene rings is 4. The molecular weight excluding hydrogens is 503 g/mol. The van der Waals surface area contributed by atoms with Crippen molar-refractivity contribution in [3.05, 3.63) is 131 Å². The van der Waals surface area contributed by atoms with E-state index in [9.17, 15) is 14.0 Å². The Balaban J connectivity index is 1.35. The van der Waals surface area contributed by atoms with Gasteiger partial charge in [-0.25, -0.2) is 14.8 Å². The maximum atomic E-state index is 13.4. The fraction of sp³-hybridized carbons (Fsp3) is 0.0909. The zero-order valence-electron chi connectivity index (χ0n) is 22.3. The normalized spacial score (nSPS) is 11.3. The number of hydrazone groups is 1. The number of hydrogen-bond donors (Lipinski definition) is 2. The van der Waals surface area contributed by atoms with Crippen LogP contribution in [0.5, 0.6) is 0 Å². The van der Waals surface area contributed by atoms with E-state index >= 15 is 0 Å². The predicted octanol–water partition coefficient (Wildman–Crippen LogP) is 7.06. The summed E-state index contributed by atoms with van der Waals surface area (Å²) in [5, 5.41) is 7.81. The largest absolute Gasteiger partial charge is 0.322 e. The number of amides is 2. The minimum atomic E-state index is -0.474. The molecule has 0 aliphatic carbocycles. The van der Waals surface area contributed by atoms with Crippen LogP contribution >= 0.6 is 0 Å². The molecule has 2 N–H and O–H groups in total. The van der Waals surface area contributed by atoms with Crippen molar-refractivity contribution in [1.29, 1.82) is 0 Å². The van der Waals surface area contributed by atoms with Gasteiger partial charge in [0.2, 0.25) is 0 Å². The number of aryl methyl sites for hydroxylation is 2. The van der Waals surface area contributed by atoms with Gasteiger partial charge in [-0.2, -0.15) is 5.10 Å². The molecule has 1 aromatic heterocycles. The van der Waals surface area contributed by atoms with E-state index in [0.717, 1.165) is 38.9 Å². The number of nitrogens with zero attached hydrogens (tertiary/aromatic N) is 2. The third kappa shape index (κ3) is 5.78. The Bertz CT molecular complexity index is 1780. The highest BCUT2D eigenvalue weighted by atomic mass is 19.1. The molecule has 6 nitrogen and oxygen atoms in total. The van der Waals surface area contributed by atoms with Crippen LogP contribution in [-0.4, -0.2) is 22.5 Å². The Morgan fingerprint density at radius 3 is 2.35 bits per heavy atom. The Morgan fingerprint density at radius 1 is 0.800 bits per heavy atom. The van der Waals surface area contributed by atoms with Gasteiger partial charge in [0.1, 0.15) is 5.82 Å².